The molecule has 0 aliphatic heterocycles. The van der Waals surface area contributed by atoms with Crippen molar-refractivity contribution in [3.8, 4) is 0 Å². The predicted molar refractivity (Wildman–Crippen MR) is 129 cm³/mol. The van der Waals surface area contributed by atoms with Crippen LogP contribution in [0.5, 0.6) is 0 Å². The largest absolute Gasteiger partial charge is 0.481 e. The highest BCUT2D eigenvalue weighted by Gasteiger charge is 2.34. The number of hydrogen-bond donors (Lipinski definition) is 3. The average molecular weight is 459 g/mol. The molecule has 32 heavy (non-hydrogen) atoms. The third kappa shape index (κ3) is 9.45. The average Bonchev–Trinajstić information content (AvgIpc) is 2.76. The van der Waals surface area contributed by atoms with E-state index in [1.54, 1.807) is 12.1 Å². The predicted octanol–water partition coefficient (Wildman–Crippen LogP) is 5.64. The Balaban J connectivity index is 1.81. The molecule has 0 radical (unpaired) electrons. The molecule has 6 heteroatoms. The van der Waals surface area contributed by atoms with Gasteiger partial charge in [0.05, 0.1) is 12.8 Å². The standard InChI is InChI=1S/C26H34O5S/c27-24(28)18-19-32-26(31,20-25(29)30)23-17-11-10-16-22(23)15-9-4-2-1-3-6-12-21-13-7-5-8-14-21/h5,7-8,10-11,13-14,16-17,31H,1-4,6,9,12,15,18-20H2,(H,27,28)(H,29,30)/t26-/m0/s1. The van der Waals surface area contributed by atoms with Crippen LogP contribution < -0.4 is 0 Å². The van der Waals surface area contributed by atoms with Gasteiger partial charge in [0, 0.05) is 5.75 Å². The highest BCUT2D eigenvalue weighted by atomic mass is 32.2. The normalized spacial score (nSPS) is 12.9. The molecule has 0 saturated carbocycles. The molecule has 0 saturated heterocycles. The molecule has 0 aliphatic rings. The van der Waals surface area contributed by atoms with Crippen molar-refractivity contribution >= 4 is 23.7 Å². The SMILES string of the molecule is O=C(O)CCS[C@@](O)(CC(=O)O)c1ccccc1CCCCCCCCc1ccccc1. The van der Waals surface area contributed by atoms with E-state index in [1.165, 1.54) is 24.8 Å². The Bertz CT molecular complexity index is 839. The number of aliphatic hydroxyl groups is 1. The second-order valence-electron chi connectivity index (χ2n) is 8.11. The van der Waals surface area contributed by atoms with Gasteiger partial charge in [0.15, 0.2) is 0 Å². The molecule has 0 amide bonds. The van der Waals surface area contributed by atoms with Gasteiger partial charge in [0.1, 0.15) is 4.93 Å². The minimum atomic E-state index is -1.63. The van der Waals surface area contributed by atoms with Crippen molar-refractivity contribution in [3.63, 3.8) is 0 Å². The Kier molecular flexibility index (Phi) is 11.3. The fraction of sp³-hybridized carbons (Fsp3) is 0.462. The zero-order valence-electron chi connectivity index (χ0n) is 18.5. The summed E-state index contributed by atoms with van der Waals surface area (Å²) >= 11 is 0.993. The van der Waals surface area contributed by atoms with E-state index in [9.17, 15) is 19.8 Å². The van der Waals surface area contributed by atoms with Crippen molar-refractivity contribution in [1.29, 1.82) is 0 Å². The highest BCUT2D eigenvalue weighted by molar-refractivity contribution is 8.00. The summed E-state index contributed by atoms with van der Waals surface area (Å²) < 4.78 is 0. The van der Waals surface area contributed by atoms with Crippen molar-refractivity contribution in [2.45, 2.75) is 69.1 Å². The molecule has 0 bridgehead atoms. The molecule has 0 unspecified atom stereocenters. The number of unbranched alkanes of at least 4 members (excludes halogenated alkanes) is 5. The third-order valence-corrected chi connectivity index (χ3v) is 6.74. The molecule has 0 aliphatic carbocycles. The van der Waals surface area contributed by atoms with Gasteiger partial charge in [-0.2, -0.15) is 0 Å². The molecular formula is C26H34O5S. The minimum absolute atomic E-state index is 0.126. The Morgan fingerprint density at radius 3 is 2.00 bits per heavy atom. The maximum Gasteiger partial charge on any atom is 0.307 e. The third-order valence-electron chi connectivity index (χ3n) is 5.49. The van der Waals surface area contributed by atoms with Crippen LogP contribution in [0.25, 0.3) is 0 Å². The smallest absolute Gasteiger partial charge is 0.307 e. The number of thioether (sulfide) groups is 1. The van der Waals surface area contributed by atoms with Gasteiger partial charge in [-0.25, -0.2) is 0 Å². The van der Waals surface area contributed by atoms with E-state index >= 15 is 0 Å². The molecule has 0 spiro atoms. The number of hydrogen-bond acceptors (Lipinski definition) is 4. The second-order valence-corrected chi connectivity index (χ2v) is 9.48. The van der Waals surface area contributed by atoms with Crippen molar-refractivity contribution in [2.24, 2.45) is 0 Å². The summed E-state index contributed by atoms with van der Waals surface area (Å²) in [4.78, 5) is 20.6. The summed E-state index contributed by atoms with van der Waals surface area (Å²) in [5, 5.41) is 29.3. The molecule has 0 aromatic heterocycles. The molecule has 174 valence electrons. The first-order valence-corrected chi connectivity index (χ1v) is 12.3. The lowest BCUT2D eigenvalue weighted by Gasteiger charge is -2.28. The molecular weight excluding hydrogens is 424 g/mol. The van der Waals surface area contributed by atoms with Crippen molar-refractivity contribution in [3.05, 3.63) is 71.3 Å². The quantitative estimate of drug-likeness (QED) is 0.223. The van der Waals surface area contributed by atoms with Gasteiger partial charge >= 0.3 is 11.9 Å². The Morgan fingerprint density at radius 2 is 1.34 bits per heavy atom. The van der Waals surface area contributed by atoms with Crippen molar-refractivity contribution in [2.75, 3.05) is 5.75 Å². The fourth-order valence-corrected chi connectivity index (χ4v) is 5.05. The van der Waals surface area contributed by atoms with Gasteiger partial charge in [-0.05, 0) is 42.4 Å². The molecule has 2 aromatic rings. The van der Waals surface area contributed by atoms with Crippen LogP contribution in [-0.4, -0.2) is 33.0 Å². The Labute approximate surface area is 194 Å². The first-order valence-electron chi connectivity index (χ1n) is 11.3. The summed E-state index contributed by atoms with van der Waals surface area (Å²) in [5.74, 6) is -1.93. The lowest BCUT2D eigenvalue weighted by molar-refractivity contribution is -0.140. The molecule has 2 aromatic carbocycles. The van der Waals surface area contributed by atoms with Gasteiger partial charge in [-0.15, -0.1) is 11.8 Å². The zero-order valence-corrected chi connectivity index (χ0v) is 19.4. The Morgan fingerprint density at radius 1 is 0.750 bits per heavy atom. The monoisotopic (exact) mass is 458 g/mol. The van der Waals surface area contributed by atoms with Crippen LogP contribution in [0.3, 0.4) is 0 Å². The van der Waals surface area contributed by atoms with Gasteiger partial charge < -0.3 is 15.3 Å². The first kappa shape index (κ1) is 25.9. The van der Waals surface area contributed by atoms with E-state index in [1.807, 2.05) is 18.2 Å². The summed E-state index contributed by atoms with van der Waals surface area (Å²) in [7, 11) is 0. The summed E-state index contributed by atoms with van der Waals surface area (Å²) in [5.41, 5.74) is 2.91. The number of aliphatic carboxylic acids is 2. The summed E-state index contributed by atoms with van der Waals surface area (Å²) in [6.45, 7) is 0. The summed E-state index contributed by atoms with van der Waals surface area (Å²) in [6, 6.07) is 17.9. The van der Waals surface area contributed by atoms with E-state index in [-0.39, 0.29) is 12.2 Å². The lowest BCUT2D eigenvalue weighted by Crippen LogP contribution is -2.27. The number of carboxylic acids is 2. The van der Waals surface area contributed by atoms with Crippen LogP contribution in [0.4, 0.5) is 0 Å². The van der Waals surface area contributed by atoms with Crippen LogP contribution in [0.2, 0.25) is 0 Å². The zero-order chi connectivity index (χ0) is 23.2. The van der Waals surface area contributed by atoms with Crippen molar-refractivity contribution < 1.29 is 24.9 Å². The van der Waals surface area contributed by atoms with Crippen LogP contribution in [0.1, 0.15) is 68.1 Å². The van der Waals surface area contributed by atoms with E-state index in [0.717, 1.165) is 49.4 Å². The number of rotatable bonds is 16. The molecule has 2 rings (SSSR count). The molecule has 5 nitrogen and oxygen atoms in total. The van der Waals surface area contributed by atoms with Gasteiger partial charge in [0.2, 0.25) is 0 Å². The fourth-order valence-electron chi connectivity index (χ4n) is 3.85. The number of carboxylic acid groups (broad SMARTS) is 2. The van der Waals surface area contributed by atoms with Crippen molar-refractivity contribution in [1.82, 2.24) is 0 Å². The topological polar surface area (TPSA) is 94.8 Å². The highest BCUT2D eigenvalue weighted by Crippen LogP contribution is 2.39. The van der Waals surface area contributed by atoms with Gasteiger partial charge in [0.25, 0.3) is 0 Å². The maximum absolute atomic E-state index is 11.4. The number of aryl methyl sites for hydroxylation is 2. The maximum atomic E-state index is 11.4. The van der Waals surface area contributed by atoms with E-state index in [0.29, 0.717) is 5.56 Å². The number of benzene rings is 2. The number of carbonyl (C=O) groups is 2. The second kappa shape index (κ2) is 14.0. The van der Waals surface area contributed by atoms with E-state index in [4.69, 9.17) is 5.11 Å². The lowest BCUT2D eigenvalue weighted by atomic mass is 9.95. The van der Waals surface area contributed by atoms with Crippen LogP contribution in [-0.2, 0) is 27.4 Å². The van der Waals surface area contributed by atoms with Crippen LogP contribution in [0, 0.1) is 0 Å². The van der Waals surface area contributed by atoms with Gasteiger partial charge in [-0.1, -0.05) is 80.3 Å². The summed E-state index contributed by atoms with van der Waals surface area (Å²) in [6.07, 6.45) is 8.12. The molecule has 0 fully saturated rings. The van der Waals surface area contributed by atoms with E-state index < -0.39 is 23.3 Å². The Hall–Kier alpha value is -2.31. The first-order chi connectivity index (χ1) is 15.4. The van der Waals surface area contributed by atoms with Crippen LogP contribution in [0.15, 0.2) is 54.6 Å². The van der Waals surface area contributed by atoms with Crippen LogP contribution >= 0.6 is 11.8 Å². The van der Waals surface area contributed by atoms with Gasteiger partial charge in [-0.3, -0.25) is 9.59 Å². The molecule has 0 heterocycles. The van der Waals surface area contributed by atoms with E-state index in [2.05, 4.69) is 24.3 Å². The minimum Gasteiger partial charge on any atom is -0.481 e. The molecule has 3 N–H and O–H groups in total. The molecule has 1 atom stereocenters.